The van der Waals surface area contributed by atoms with Gasteiger partial charge in [0.05, 0.1) is 15.2 Å². The summed E-state index contributed by atoms with van der Waals surface area (Å²) in [6, 6.07) is 11.7. The summed E-state index contributed by atoms with van der Waals surface area (Å²) in [5, 5.41) is 4.62. The number of benzene rings is 2. The third kappa shape index (κ3) is 3.00. The van der Waals surface area contributed by atoms with E-state index in [0.717, 1.165) is 21.0 Å². The molecule has 0 atom stereocenters. The fraction of sp³-hybridized carbons (Fsp3) is 0.0667. The van der Waals surface area contributed by atoms with E-state index >= 15 is 0 Å². The summed E-state index contributed by atoms with van der Waals surface area (Å²) in [6.07, 6.45) is 0. The Morgan fingerprint density at radius 1 is 1.29 bits per heavy atom. The smallest absolute Gasteiger partial charge is 0.188 e. The second kappa shape index (κ2) is 5.60. The van der Waals surface area contributed by atoms with Crippen molar-refractivity contribution in [2.45, 2.75) is 6.92 Å². The third-order valence-corrected chi connectivity index (χ3v) is 4.50. The second-order valence-electron chi connectivity index (χ2n) is 4.67. The van der Waals surface area contributed by atoms with Crippen molar-refractivity contribution in [1.82, 2.24) is 4.98 Å². The molecule has 21 heavy (non-hydrogen) atoms. The SMILES string of the molecule is Cc1ccc2nc(Nc3ccc(C(N)=S)c(Cl)c3)sc2c1. The summed E-state index contributed by atoms with van der Waals surface area (Å²) >= 11 is 12.7. The van der Waals surface area contributed by atoms with Gasteiger partial charge in [-0.2, -0.15) is 0 Å². The van der Waals surface area contributed by atoms with E-state index in [2.05, 4.69) is 29.4 Å². The Kier molecular flexibility index (Phi) is 3.80. The Labute approximate surface area is 136 Å². The predicted octanol–water partition coefficient (Wildman–Crippen LogP) is 4.64. The molecule has 0 saturated carbocycles. The molecule has 0 aliphatic heterocycles. The maximum Gasteiger partial charge on any atom is 0.188 e. The van der Waals surface area contributed by atoms with E-state index in [-0.39, 0.29) is 0 Å². The maximum atomic E-state index is 6.17. The molecule has 0 fully saturated rings. The number of fused-ring (bicyclic) bond motifs is 1. The Hall–Kier alpha value is -1.69. The van der Waals surface area contributed by atoms with Crippen molar-refractivity contribution >= 4 is 61.2 Å². The van der Waals surface area contributed by atoms with E-state index in [0.29, 0.717) is 15.6 Å². The monoisotopic (exact) mass is 333 g/mol. The van der Waals surface area contributed by atoms with Gasteiger partial charge in [0, 0.05) is 11.3 Å². The first-order chi connectivity index (χ1) is 10.0. The molecule has 106 valence electrons. The van der Waals surface area contributed by atoms with Gasteiger partial charge in [-0.25, -0.2) is 4.98 Å². The number of hydrogen-bond acceptors (Lipinski definition) is 4. The number of thiocarbonyl (C=S) groups is 1. The molecule has 0 aliphatic rings. The van der Waals surface area contributed by atoms with Crippen molar-refractivity contribution in [3.63, 3.8) is 0 Å². The molecule has 3 N–H and O–H groups in total. The highest BCUT2D eigenvalue weighted by molar-refractivity contribution is 7.80. The zero-order chi connectivity index (χ0) is 15.0. The largest absolute Gasteiger partial charge is 0.389 e. The summed E-state index contributed by atoms with van der Waals surface area (Å²) in [5.41, 5.74) is 9.34. The van der Waals surface area contributed by atoms with Crippen LogP contribution >= 0.6 is 35.2 Å². The Bertz CT molecular complexity index is 842. The molecule has 3 nitrogen and oxygen atoms in total. The zero-order valence-corrected chi connectivity index (χ0v) is 13.6. The Balaban J connectivity index is 1.91. The first-order valence-corrected chi connectivity index (χ1v) is 7.87. The molecular formula is C15H12ClN3S2. The Morgan fingerprint density at radius 2 is 2.10 bits per heavy atom. The topological polar surface area (TPSA) is 50.9 Å². The number of thiazole rings is 1. The number of aromatic nitrogens is 1. The molecule has 0 unspecified atom stereocenters. The second-order valence-corrected chi connectivity index (χ2v) is 6.55. The first-order valence-electron chi connectivity index (χ1n) is 6.26. The summed E-state index contributed by atoms with van der Waals surface area (Å²) in [6.45, 7) is 2.07. The normalized spacial score (nSPS) is 10.8. The van der Waals surface area contributed by atoms with Crippen LogP contribution in [0.1, 0.15) is 11.1 Å². The molecule has 0 amide bonds. The number of hydrogen-bond donors (Lipinski definition) is 2. The fourth-order valence-corrected chi connectivity index (χ4v) is 3.50. The molecule has 2 aromatic carbocycles. The molecule has 6 heteroatoms. The molecule has 0 spiro atoms. The van der Waals surface area contributed by atoms with Crippen molar-refractivity contribution in [3.05, 3.63) is 52.5 Å². The van der Waals surface area contributed by atoms with E-state index in [1.807, 2.05) is 18.2 Å². The van der Waals surface area contributed by atoms with E-state index in [4.69, 9.17) is 29.6 Å². The van der Waals surface area contributed by atoms with Crippen molar-refractivity contribution in [2.24, 2.45) is 5.73 Å². The van der Waals surface area contributed by atoms with E-state index in [9.17, 15) is 0 Å². The van der Waals surface area contributed by atoms with Gasteiger partial charge < -0.3 is 11.1 Å². The summed E-state index contributed by atoms with van der Waals surface area (Å²) in [4.78, 5) is 4.84. The lowest BCUT2D eigenvalue weighted by Crippen LogP contribution is -2.09. The van der Waals surface area contributed by atoms with Crippen molar-refractivity contribution < 1.29 is 0 Å². The number of anilines is 2. The van der Waals surface area contributed by atoms with Gasteiger partial charge >= 0.3 is 0 Å². The molecular weight excluding hydrogens is 322 g/mol. The molecule has 3 aromatic rings. The zero-order valence-electron chi connectivity index (χ0n) is 11.2. The number of nitrogens with two attached hydrogens (primary N) is 1. The number of halogens is 1. The van der Waals surface area contributed by atoms with Crippen molar-refractivity contribution in [3.8, 4) is 0 Å². The lowest BCUT2D eigenvalue weighted by Gasteiger charge is -2.06. The number of rotatable bonds is 3. The van der Waals surface area contributed by atoms with E-state index < -0.39 is 0 Å². The maximum absolute atomic E-state index is 6.17. The average molecular weight is 334 g/mol. The van der Waals surface area contributed by atoms with Gasteiger partial charge in [-0.15, -0.1) is 0 Å². The van der Waals surface area contributed by atoms with Gasteiger partial charge in [-0.3, -0.25) is 0 Å². The minimum atomic E-state index is 0.294. The summed E-state index contributed by atoms with van der Waals surface area (Å²) in [7, 11) is 0. The van der Waals surface area contributed by atoms with Crippen molar-refractivity contribution in [1.29, 1.82) is 0 Å². The molecule has 0 aliphatic carbocycles. The van der Waals surface area contributed by atoms with Crippen LogP contribution < -0.4 is 11.1 Å². The predicted molar refractivity (Wildman–Crippen MR) is 95.0 cm³/mol. The standard InChI is InChI=1S/C15H12ClN3S2/c1-8-2-5-12-13(6-8)21-15(19-12)18-9-3-4-10(14(17)20)11(16)7-9/h2-7H,1H3,(H2,17,20)(H,18,19). The highest BCUT2D eigenvalue weighted by Crippen LogP contribution is 2.30. The molecule has 0 radical (unpaired) electrons. The highest BCUT2D eigenvalue weighted by atomic mass is 35.5. The fourth-order valence-electron chi connectivity index (χ4n) is 2.00. The number of nitrogens with one attached hydrogen (secondary N) is 1. The van der Waals surface area contributed by atoms with E-state index in [1.54, 1.807) is 17.4 Å². The minimum Gasteiger partial charge on any atom is -0.389 e. The molecule has 3 rings (SSSR count). The lowest BCUT2D eigenvalue weighted by atomic mass is 10.2. The van der Waals surface area contributed by atoms with Crippen LogP contribution in [0.2, 0.25) is 5.02 Å². The lowest BCUT2D eigenvalue weighted by molar-refractivity contribution is 1.43. The average Bonchev–Trinajstić information content (AvgIpc) is 2.79. The molecule has 1 aromatic heterocycles. The number of aryl methyl sites for hydroxylation is 1. The first kappa shape index (κ1) is 14.3. The molecule has 0 saturated heterocycles. The van der Waals surface area contributed by atoms with Crippen LogP contribution in [-0.4, -0.2) is 9.97 Å². The van der Waals surface area contributed by atoms with Crippen LogP contribution in [0, 0.1) is 6.92 Å². The Morgan fingerprint density at radius 3 is 2.81 bits per heavy atom. The van der Waals surface area contributed by atoms with Crippen LogP contribution in [-0.2, 0) is 0 Å². The molecule has 0 bridgehead atoms. The minimum absolute atomic E-state index is 0.294. The van der Waals surface area contributed by atoms with Gasteiger partial charge in [-0.05, 0) is 42.8 Å². The van der Waals surface area contributed by atoms with Crippen LogP contribution in [0.25, 0.3) is 10.2 Å². The van der Waals surface area contributed by atoms with Gasteiger partial charge in [0.1, 0.15) is 4.99 Å². The van der Waals surface area contributed by atoms with Crippen LogP contribution in [0.15, 0.2) is 36.4 Å². The van der Waals surface area contributed by atoms with Crippen LogP contribution in [0.3, 0.4) is 0 Å². The third-order valence-electron chi connectivity index (χ3n) is 3.03. The van der Waals surface area contributed by atoms with Gasteiger partial charge in [0.2, 0.25) is 0 Å². The summed E-state index contributed by atoms with van der Waals surface area (Å²) < 4.78 is 1.16. The number of nitrogens with zero attached hydrogens (tertiary/aromatic N) is 1. The van der Waals surface area contributed by atoms with Gasteiger partial charge in [-0.1, -0.05) is 41.2 Å². The van der Waals surface area contributed by atoms with Crippen molar-refractivity contribution in [2.75, 3.05) is 5.32 Å². The van der Waals surface area contributed by atoms with Gasteiger partial charge in [0.25, 0.3) is 0 Å². The van der Waals surface area contributed by atoms with Crippen LogP contribution in [0.4, 0.5) is 10.8 Å². The quantitative estimate of drug-likeness (QED) is 0.686. The summed E-state index contributed by atoms with van der Waals surface area (Å²) in [5.74, 6) is 0. The molecule has 1 heterocycles. The van der Waals surface area contributed by atoms with E-state index in [1.165, 1.54) is 5.56 Å². The highest BCUT2D eigenvalue weighted by Gasteiger charge is 2.07. The van der Waals surface area contributed by atoms with Gasteiger partial charge in [0.15, 0.2) is 5.13 Å². The van der Waals surface area contributed by atoms with Crippen LogP contribution in [0.5, 0.6) is 0 Å².